The van der Waals surface area contributed by atoms with Crippen LogP contribution in [0.3, 0.4) is 0 Å². The molecule has 0 saturated carbocycles. The molecule has 6 heteroatoms. The van der Waals surface area contributed by atoms with E-state index in [4.69, 9.17) is 17.0 Å². The zero-order chi connectivity index (χ0) is 28.9. The summed E-state index contributed by atoms with van der Waals surface area (Å²) in [7, 11) is 1.48. The highest BCUT2D eigenvalue weighted by Gasteiger charge is 2.66. The average molecular weight is 574 g/mol. The van der Waals surface area contributed by atoms with E-state index in [9.17, 15) is 4.79 Å². The summed E-state index contributed by atoms with van der Waals surface area (Å²) in [6.45, 7) is 2.86. The number of carbonyl (C=O) groups is 1. The number of para-hydroxylation sites is 1. The number of hydrogen-bond donors (Lipinski definition) is 0. The van der Waals surface area contributed by atoms with E-state index in [2.05, 4.69) is 93.6 Å². The molecule has 4 aromatic rings. The second-order valence-corrected chi connectivity index (χ2v) is 11.2. The Kier molecular flexibility index (Phi) is 8.29. The van der Waals surface area contributed by atoms with Crippen LogP contribution in [0, 0.1) is 5.92 Å². The van der Waals surface area contributed by atoms with E-state index in [1.54, 1.807) is 0 Å². The van der Waals surface area contributed by atoms with Gasteiger partial charge in [0.1, 0.15) is 16.6 Å². The van der Waals surface area contributed by atoms with E-state index >= 15 is 0 Å². The Morgan fingerprint density at radius 3 is 1.69 bits per heavy atom. The van der Waals surface area contributed by atoms with Gasteiger partial charge in [-0.3, -0.25) is 14.6 Å². The van der Waals surface area contributed by atoms with E-state index in [1.807, 2.05) is 48.5 Å². The molecule has 1 atom stereocenters. The predicted molar refractivity (Wildman–Crippen MR) is 172 cm³/mol. The molecular formula is C36H35N3O2S. The number of methoxy groups -OCH3 is 1. The fraction of sp³-hybridized carbons (Fsp3) is 0.222. The molecule has 2 aliphatic rings. The lowest BCUT2D eigenvalue weighted by atomic mass is 9.89. The summed E-state index contributed by atoms with van der Waals surface area (Å²) in [4.78, 5) is 21.7. The van der Waals surface area contributed by atoms with Gasteiger partial charge >= 0.3 is 5.97 Å². The Morgan fingerprint density at radius 1 is 0.762 bits per heavy atom. The Balaban J connectivity index is 1.54. The lowest BCUT2D eigenvalue weighted by Gasteiger charge is -2.43. The smallest absolute Gasteiger partial charge is 0.318 e. The summed E-state index contributed by atoms with van der Waals surface area (Å²) in [5.74, 6) is -0.929. The lowest BCUT2D eigenvalue weighted by molar-refractivity contribution is -0.150. The van der Waals surface area contributed by atoms with Gasteiger partial charge in [0.25, 0.3) is 0 Å². The van der Waals surface area contributed by atoms with Crippen molar-refractivity contribution in [3.8, 4) is 0 Å². The zero-order valence-electron chi connectivity index (χ0n) is 23.8. The molecule has 2 saturated heterocycles. The number of esters is 1. The highest BCUT2D eigenvalue weighted by atomic mass is 32.1. The molecule has 212 valence electrons. The first-order chi connectivity index (χ1) is 20.6. The zero-order valence-corrected chi connectivity index (χ0v) is 24.6. The fourth-order valence-electron chi connectivity index (χ4n) is 6.46. The highest BCUT2D eigenvalue weighted by molar-refractivity contribution is 7.80. The van der Waals surface area contributed by atoms with Gasteiger partial charge in [-0.05, 0) is 35.2 Å². The van der Waals surface area contributed by atoms with Crippen molar-refractivity contribution < 1.29 is 9.53 Å². The molecule has 1 unspecified atom stereocenters. The van der Waals surface area contributed by atoms with Crippen molar-refractivity contribution in [2.45, 2.75) is 25.2 Å². The normalized spacial score (nSPS) is 19.5. The summed E-state index contributed by atoms with van der Waals surface area (Å²) in [6.07, 6.45) is 2.84. The number of benzene rings is 4. The van der Waals surface area contributed by atoms with Crippen LogP contribution in [0.5, 0.6) is 0 Å². The molecule has 5 nitrogen and oxygen atoms in total. The third-order valence-corrected chi connectivity index (χ3v) is 8.83. The summed E-state index contributed by atoms with van der Waals surface area (Å²) in [6, 6.07) is 41.4. The summed E-state index contributed by atoms with van der Waals surface area (Å²) in [5.41, 5.74) is 4.43. The van der Waals surface area contributed by atoms with E-state index < -0.39 is 11.6 Å². The van der Waals surface area contributed by atoms with Crippen molar-refractivity contribution in [3.63, 3.8) is 0 Å². The molecule has 4 aromatic carbocycles. The van der Waals surface area contributed by atoms with Crippen molar-refractivity contribution in [3.05, 3.63) is 150 Å². The molecule has 0 aromatic heterocycles. The van der Waals surface area contributed by atoms with E-state index in [0.717, 1.165) is 24.5 Å². The van der Waals surface area contributed by atoms with Crippen molar-refractivity contribution in [2.75, 3.05) is 25.1 Å². The standard InChI is InChI=1S/C36H35N3O2S/c1-41-34(40)33-32(23-22-28-14-6-2-7-15-28)39(31-20-12-5-13-21-31)35(42)36(33)37(26-29-16-8-3-9-17-29)24-25-38(36)27-30-18-10-4-11-19-30/h2-21,23,33H,22,24-27H2,1H3/b32-23+. The molecule has 1 spiro atoms. The maximum Gasteiger partial charge on any atom is 0.318 e. The van der Waals surface area contributed by atoms with Gasteiger partial charge in [-0.1, -0.05) is 127 Å². The SMILES string of the molecule is COC(=O)C1/C(=C\Cc2ccccc2)N(c2ccccc2)C(=S)C12N(Cc1ccccc1)CCN2Cc1ccccc1. The van der Waals surface area contributed by atoms with Crippen molar-refractivity contribution in [1.82, 2.24) is 9.80 Å². The first-order valence-electron chi connectivity index (χ1n) is 14.4. The van der Waals surface area contributed by atoms with Gasteiger partial charge in [-0.25, -0.2) is 0 Å². The molecule has 2 heterocycles. The van der Waals surface area contributed by atoms with Gasteiger partial charge in [0.15, 0.2) is 0 Å². The molecule has 0 aliphatic carbocycles. The van der Waals surface area contributed by atoms with E-state index in [0.29, 0.717) is 24.5 Å². The third kappa shape index (κ3) is 5.18. The third-order valence-electron chi connectivity index (χ3n) is 8.35. The molecule has 0 N–H and O–H groups in total. The number of thiocarbonyl (C=S) groups is 1. The number of nitrogens with zero attached hydrogens (tertiary/aromatic N) is 3. The summed E-state index contributed by atoms with van der Waals surface area (Å²) < 4.78 is 5.61. The molecular weight excluding hydrogens is 538 g/mol. The summed E-state index contributed by atoms with van der Waals surface area (Å²) in [5, 5.41) is 0. The topological polar surface area (TPSA) is 36.0 Å². The maximum atomic E-state index is 14.1. The minimum Gasteiger partial charge on any atom is -0.468 e. The fourth-order valence-corrected chi connectivity index (χ4v) is 7.04. The Hall–Kier alpha value is -4.10. The van der Waals surface area contributed by atoms with Crippen LogP contribution in [0.2, 0.25) is 0 Å². The first-order valence-corrected chi connectivity index (χ1v) is 14.8. The summed E-state index contributed by atoms with van der Waals surface area (Å²) >= 11 is 6.53. The molecule has 0 bridgehead atoms. The average Bonchev–Trinajstić information content (AvgIpc) is 3.52. The highest BCUT2D eigenvalue weighted by Crippen LogP contribution is 2.50. The van der Waals surface area contributed by atoms with Crippen LogP contribution in [0.4, 0.5) is 5.69 Å². The van der Waals surface area contributed by atoms with Crippen LogP contribution in [0.15, 0.2) is 133 Å². The van der Waals surface area contributed by atoms with Crippen LogP contribution < -0.4 is 4.90 Å². The number of rotatable bonds is 8. The number of hydrogen-bond acceptors (Lipinski definition) is 5. The van der Waals surface area contributed by atoms with Gasteiger partial charge in [0.2, 0.25) is 0 Å². The number of anilines is 1. The second kappa shape index (κ2) is 12.4. The number of allylic oxidation sites excluding steroid dienone is 1. The van der Waals surface area contributed by atoms with Gasteiger partial charge in [0.05, 0.1) is 7.11 Å². The van der Waals surface area contributed by atoms with Crippen LogP contribution in [-0.4, -0.2) is 46.6 Å². The largest absolute Gasteiger partial charge is 0.468 e. The molecule has 2 aliphatic heterocycles. The van der Waals surface area contributed by atoms with Crippen LogP contribution in [0.1, 0.15) is 16.7 Å². The molecule has 0 radical (unpaired) electrons. The monoisotopic (exact) mass is 573 g/mol. The minimum absolute atomic E-state index is 0.284. The van der Waals surface area contributed by atoms with Crippen molar-refractivity contribution in [2.24, 2.45) is 5.92 Å². The van der Waals surface area contributed by atoms with Crippen LogP contribution in [-0.2, 0) is 29.0 Å². The van der Waals surface area contributed by atoms with Gasteiger partial charge in [-0.2, -0.15) is 0 Å². The van der Waals surface area contributed by atoms with Gasteiger partial charge in [0, 0.05) is 37.6 Å². The first kappa shape index (κ1) is 28.0. The van der Waals surface area contributed by atoms with Crippen molar-refractivity contribution in [1.29, 1.82) is 0 Å². The predicted octanol–water partition coefficient (Wildman–Crippen LogP) is 6.46. The molecule has 2 fully saturated rings. The Bertz CT molecular complexity index is 1490. The Labute approximate surface area is 253 Å². The second-order valence-electron chi connectivity index (χ2n) is 10.8. The Morgan fingerprint density at radius 2 is 1.21 bits per heavy atom. The molecule has 0 amide bonds. The lowest BCUT2D eigenvalue weighted by Crippen LogP contribution is -2.62. The van der Waals surface area contributed by atoms with Crippen LogP contribution >= 0.6 is 12.2 Å². The van der Waals surface area contributed by atoms with Gasteiger partial charge in [-0.15, -0.1) is 0 Å². The van der Waals surface area contributed by atoms with Crippen molar-refractivity contribution >= 4 is 28.9 Å². The quantitative estimate of drug-likeness (QED) is 0.178. The van der Waals surface area contributed by atoms with E-state index in [-0.39, 0.29) is 5.97 Å². The van der Waals surface area contributed by atoms with E-state index in [1.165, 1.54) is 23.8 Å². The maximum absolute atomic E-state index is 14.1. The van der Waals surface area contributed by atoms with Gasteiger partial charge < -0.3 is 9.64 Å². The number of carbonyl (C=O) groups excluding carboxylic acids is 1. The minimum atomic E-state index is -0.896. The molecule has 42 heavy (non-hydrogen) atoms. The van der Waals surface area contributed by atoms with Crippen LogP contribution in [0.25, 0.3) is 0 Å². The number of ether oxygens (including phenoxy) is 1. The molecule has 6 rings (SSSR count).